The highest BCUT2D eigenvalue weighted by Gasteiger charge is 2.27. The van der Waals surface area contributed by atoms with E-state index in [2.05, 4.69) is 22.2 Å². The summed E-state index contributed by atoms with van der Waals surface area (Å²) in [5, 5.41) is 12.9. The molecule has 6 nitrogen and oxygen atoms in total. The number of benzene rings is 1. The summed E-state index contributed by atoms with van der Waals surface area (Å²) in [6.45, 7) is 3.18. The van der Waals surface area contributed by atoms with Gasteiger partial charge >= 0.3 is 6.03 Å². The standard InChI is InChI=1S/C22H28N2O4S2/c1-22(2,26)18-11-12-19(29-18)30(27,28)24-21(25)23-20-16(13-14-5-3-6-14)10-9-15-7-4-8-17(15)20/h9-12,14,26H,3-8,13H2,1-2H3,(H2,23,24,25). The topological polar surface area (TPSA) is 95.5 Å². The number of anilines is 1. The third-order valence-corrected chi connectivity index (χ3v) is 9.24. The minimum atomic E-state index is -4.02. The SMILES string of the molecule is CC(C)(O)c1ccc(S(=O)(=O)NC(=O)Nc2c(CC3CCC3)ccc3c2CCC3)s1. The molecule has 1 heterocycles. The molecule has 3 N–H and O–H groups in total. The molecule has 30 heavy (non-hydrogen) atoms. The molecule has 1 aromatic carbocycles. The number of sulfonamides is 1. The minimum absolute atomic E-state index is 0.00255. The lowest BCUT2D eigenvalue weighted by atomic mass is 9.80. The van der Waals surface area contributed by atoms with E-state index in [0.29, 0.717) is 10.8 Å². The summed E-state index contributed by atoms with van der Waals surface area (Å²) in [7, 11) is -4.02. The van der Waals surface area contributed by atoms with Crippen LogP contribution in [0.15, 0.2) is 28.5 Å². The fourth-order valence-electron chi connectivity index (χ4n) is 4.15. The molecule has 1 fully saturated rings. The Morgan fingerprint density at radius 2 is 1.93 bits per heavy atom. The van der Waals surface area contributed by atoms with Gasteiger partial charge in [-0.2, -0.15) is 0 Å². The van der Waals surface area contributed by atoms with Crippen molar-refractivity contribution in [3.8, 4) is 0 Å². The van der Waals surface area contributed by atoms with Crippen molar-refractivity contribution in [3.05, 3.63) is 45.8 Å². The molecule has 2 aliphatic rings. The van der Waals surface area contributed by atoms with Crippen molar-refractivity contribution in [2.75, 3.05) is 5.32 Å². The lowest BCUT2D eigenvalue weighted by molar-refractivity contribution is 0.0825. The first kappa shape index (κ1) is 21.3. The van der Waals surface area contributed by atoms with Crippen molar-refractivity contribution in [2.45, 2.75) is 68.6 Å². The van der Waals surface area contributed by atoms with Crippen molar-refractivity contribution in [3.63, 3.8) is 0 Å². The number of thiophene rings is 1. The van der Waals surface area contributed by atoms with E-state index in [-0.39, 0.29) is 4.21 Å². The fourth-order valence-corrected chi connectivity index (χ4v) is 6.37. The second-order valence-corrected chi connectivity index (χ2v) is 11.8. The van der Waals surface area contributed by atoms with E-state index in [4.69, 9.17) is 0 Å². The number of nitrogens with one attached hydrogen (secondary N) is 2. The maximum Gasteiger partial charge on any atom is 0.333 e. The average Bonchev–Trinajstić information content (AvgIpc) is 3.28. The highest BCUT2D eigenvalue weighted by atomic mass is 32.2. The van der Waals surface area contributed by atoms with Crippen molar-refractivity contribution < 1.29 is 18.3 Å². The van der Waals surface area contributed by atoms with Crippen LogP contribution in [0.4, 0.5) is 10.5 Å². The highest BCUT2D eigenvalue weighted by molar-refractivity contribution is 7.92. The second kappa shape index (κ2) is 7.98. The minimum Gasteiger partial charge on any atom is -0.385 e. The third kappa shape index (κ3) is 4.40. The van der Waals surface area contributed by atoms with Crippen LogP contribution in [0, 0.1) is 5.92 Å². The zero-order chi connectivity index (χ0) is 21.5. The van der Waals surface area contributed by atoms with Crippen LogP contribution in [0.1, 0.15) is 61.1 Å². The summed E-state index contributed by atoms with van der Waals surface area (Å²) in [5.41, 5.74) is 3.11. The molecule has 0 saturated heterocycles. The molecule has 8 heteroatoms. The Morgan fingerprint density at radius 1 is 1.17 bits per heavy atom. The van der Waals surface area contributed by atoms with Gasteiger partial charge in [-0.3, -0.25) is 0 Å². The van der Waals surface area contributed by atoms with Gasteiger partial charge in [0.15, 0.2) is 0 Å². The maximum atomic E-state index is 12.7. The van der Waals surface area contributed by atoms with E-state index in [1.54, 1.807) is 19.9 Å². The van der Waals surface area contributed by atoms with Gasteiger partial charge in [-0.25, -0.2) is 17.9 Å². The largest absolute Gasteiger partial charge is 0.385 e. The van der Waals surface area contributed by atoms with E-state index in [9.17, 15) is 18.3 Å². The second-order valence-electron chi connectivity index (χ2n) is 8.83. The van der Waals surface area contributed by atoms with Crippen molar-refractivity contribution in [1.29, 1.82) is 0 Å². The highest BCUT2D eigenvalue weighted by Crippen LogP contribution is 2.37. The number of carbonyl (C=O) groups excluding carboxylic acids is 1. The molecule has 0 spiro atoms. The Labute approximate surface area is 181 Å². The van der Waals surface area contributed by atoms with Crippen molar-refractivity contribution in [2.24, 2.45) is 5.92 Å². The monoisotopic (exact) mass is 448 g/mol. The van der Waals surface area contributed by atoms with E-state index < -0.39 is 21.7 Å². The van der Waals surface area contributed by atoms with Gasteiger partial charge in [0.2, 0.25) is 0 Å². The molecule has 0 radical (unpaired) electrons. The Hall–Kier alpha value is -1.90. The Bertz CT molecular complexity index is 1060. The van der Waals surface area contributed by atoms with E-state index >= 15 is 0 Å². The third-order valence-electron chi connectivity index (χ3n) is 6.02. The number of hydrogen-bond donors (Lipinski definition) is 3. The van der Waals surface area contributed by atoms with Gasteiger partial charge in [0.05, 0.1) is 5.60 Å². The summed E-state index contributed by atoms with van der Waals surface area (Å²) < 4.78 is 27.5. The lowest BCUT2D eigenvalue weighted by Crippen LogP contribution is -2.34. The Kier molecular flexibility index (Phi) is 5.67. The van der Waals surface area contributed by atoms with Gasteiger partial charge in [-0.05, 0) is 74.3 Å². The lowest BCUT2D eigenvalue weighted by Gasteiger charge is -2.27. The van der Waals surface area contributed by atoms with E-state index in [0.717, 1.165) is 53.8 Å². The number of amides is 2. The molecular weight excluding hydrogens is 420 g/mol. The predicted molar refractivity (Wildman–Crippen MR) is 118 cm³/mol. The van der Waals surface area contributed by atoms with Crippen LogP contribution in [0.3, 0.4) is 0 Å². The molecule has 0 atom stereocenters. The maximum absolute atomic E-state index is 12.7. The predicted octanol–water partition coefficient (Wildman–Crippen LogP) is 4.32. The molecule has 4 rings (SSSR count). The first-order valence-electron chi connectivity index (χ1n) is 10.4. The molecule has 0 unspecified atom stereocenters. The van der Waals surface area contributed by atoms with Gasteiger partial charge in [-0.15, -0.1) is 11.3 Å². The number of aryl methyl sites for hydroxylation is 1. The molecule has 2 amide bonds. The van der Waals surface area contributed by atoms with Crippen LogP contribution >= 0.6 is 11.3 Å². The van der Waals surface area contributed by atoms with E-state index in [1.807, 2.05) is 0 Å². The van der Waals surface area contributed by atoms with Crippen LogP contribution in [0.5, 0.6) is 0 Å². The number of fused-ring (bicyclic) bond motifs is 1. The molecule has 1 saturated carbocycles. The van der Waals surface area contributed by atoms with Crippen LogP contribution in [0.25, 0.3) is 0 Å². The molecule has 0 bridgehead atoms. The normalized spacial score (nSPS) is 16.8. The number of carbonyl (C=O) groups is 1. The summed E-state index contributed by atoms with van der Waals surface area (Å²) in [6.07, 6.45) is 7.52. The van der Waals surface area contributed by atoms with Gasteiger partial charge in [0, 0.05) is 10.6 Å². The van der Waals surface area contributed by atoms with Crippen molar-refractivity contribution >= 4 is 33.1 Å². The Balaban J connectivity index is 1.53. The number of aliphatic hydroxyl groups is 1. The first-order valence-corrected chi connectivity index (χ1v) is 12.7. The van der Waals surface area contributed by atoms with E-state index in [1.165, 1.54) is 30.9 Å². The fraction of sp³-hybridized carbons (Fsp3) is 0.500. The first-order chi connectivity index (χ1) is 14.1. The van der Waals surface area contributed by atoms with Gasteiger partial charge in [0.1, 0.15) is 4.21 Å². The molecule has 2 aromatic rings. The molecule has 1 aromatic heterocycles. The van der Waals surface area contributed by atoms with Gasteiger partial charge < -0.3 is 10.4 Å². The quantitative estimate of drug-likeness (QED) is 0.613. The van der Waals surface area contributed by atoms with Gasteiger partial charge in [-0.1, -0.05) is 31.4 Å². The van der Waals surface area contributed by atoms with Crippen LogP contribution in [-0.4, -0.2) is 19.6 Å². The van der Waals surface area contributed by atoms with Gasteiger partial charge in [0.25, 0.3) is 10.0 Å². The van der Waals surface area contributed by atoms with Crippen LogP contribution in [0.2, 0.25) is 0 Å². The zero-order valence-electron chi connectivity index (χ0n) is 17.3. The number of hydrogen-bond acceptors (Lipinski definition) is 5. The molecule has 162 valence electrons. The average molecular weight is 449 g/mol. The number of rotatable bonds is 6. The van der Waals surface area contributed by atoms with Crippen LogP contribution < -0.4 is 10.0 Å². The smallest absolute Gasteiger partial charge is 0.333 e. The zero-order valence-corrected chi connectivity index (χ0v) is 19.0. The molecule has 0 aliphatic heterocycles. The summed E-state index contributed by atoms with van der Waals surface area (Å²) in [6, 6.07) is 6.47. The summed E-state index contributed by atoms with van der Waals surface area (Å²) in [4.78, 5) is 13.2. The number of urea groups is 1. The molecule has 2 aliphatic carbocycles. The summed E-state index contributed by atoms with van der Waals surface area (Å²) in [5.74, 6) is 0.642. The van der Waals surface area contributed by atoms with Crippen molar-refractivity contribution in [1.82, 2.24) is 4.72 Å². The van der Waals surface area contributed by atoms with Crippen LogP contribution in [-0.2, 0) is 34.9 Å². The Morgan fingerprint density at radius 3 is 2.57 bits per heavy atom. The summed E-state index contributed by atoms with van der Waals surface area (Å²) >= 11 is 0.957. The molecular formula is C22H28N2O4S2.